The molecule has 38 heavy (non-hydrogen) atoms. The molecule has 0 spiro atoms. The second kappa shape index (κ2) is 6.17. The van der Waals surface area contributed by atoms with Gasteiger partial charge in [-0.2, -0.15) is 0 Å². The number of hydrogen-bond donors (Lipinski definition) is 6. The quantitative estimate of drug-likeness (QED) is 0.132. The lowest BCUT2D eigenvalue weighted by Gasteiger charge is -2.36. The molecule has 0 radical (unpaired) electrons. The molecular weight excluding hydrogens is 488 g/mol. The topological polar surface area (TPSA) is 156 Å². The Hall–Kier alpha value is -4.82. The Morgan fingerprint density at radius 3 is 1.74 bits per heavy atom. The van der Waals surface area contributed by atoms with E-state index in [0.717, 1.165) is 12.1 Å². The summed E-state index contributed by atoms with van der Waals surface area (Å²) < 4.78 is 0. The third kappa shape index (κ3) is 2.00. The lowest BCUT2D eigenvalue weighted by molar-refractivity contribution is 0.199. The first-order valence-electron chi connectivity index (χ1n) is 12.0. The fourth-order valence-electron chi connectivity index (χ4n) is 7.34. The lowest BCUT2D eigenvalue weighted by Crippen LogP contribution is -2.26. The van der Waals surface area contributed by atoms with E-state index in [2.05, 4.69) is 0 Å². The van der Waals surface area contributed by atoms with Gasteiger partial charge < -0.3 is 30.6 Å². The van der Waals surface area contributed by atoms with Gasteiger partial charge in [0.25, 0.3) is 0 Å². The maximum atomic E-state index is 13.4. The number of fused-ring (bicyclic) bond motifs is 2. The second-order valence-corrected chi connectivity index (χ2v) is 10.5. The van der Waals surface area contributed by atoms with Crippen LogP contribution in [-0.4, -0.2) is 36.7 Å². The highest BCUT2D eigenvalue weighted by atomic mass is 16.3. The maximum absolute atomic E-state index is 13.4. The summed E-state index contributed by atoms with van der Waals surface area (Å²) in [6.45, 7) is 3.49. The molecule has 8 heteroatoms. The summed E-state index contributed by atoms with van der Waals surface area (Å²) in [6, 6.07) is 3.82. The molecule has 8 rings (SSSR count). The Labute approximate surface area is 211 Å². The Bertz CT molecular complexity index is 2320. The Kier molecular flexibility index (Phi) is 3.46. The number of aliphatic hydroxyl groups is 2. The van der Waals surface area contributed by atoms with Crippen molar-refractivity contribution in [1.82, 2.24) is 0 Å². The second-order valence-electron chi connectivity index (χ2n) is 10.5. The molecule has 2 unspecified atom stereocenters. The summed E-state index contributed by atoms with van der Waals surface area (Å²) >= 11 is 0. The molecule has 0 aromatic heterocycles. The van der Waals surface area contributed by atoms with Crippen LogP contribution in [0.2, 0.25) is 0 Å². The number of phenols is 4. The number of aliphatic hydroxyl groups excluding tert-OH is 2. The normalized spacial score (nSPS) is 18.2. The van der Waals surface area contributed by atoms with Gasteiger partial charge in [-0.1, -0.05) is 0 Å². The SMILES string of the molecule is Cc1cc(=O)c2c(O)c3c4c5c2c1c1c(C)cc(=O)c2c(O)c6c(O)cc(O)c(c6c5c21)C4C(O)C=C3O. The Morgan fingerprint density at radius 2 is 1.11 bits per heavy atom. The Balaban J connectivity index is 1.95. The first-order valence-corrected chi connectivity index (χ1v) is 12.0. The summed E-state index contributed by atoms with van der Waals surface area (Å²) in [5, 5.41) is 70.0. The minimum absolute atomic E-state index is 0.0205. The minimum atomic E-state index is -1.35. The molecule has 2 aliphatic carbocycles. The van der Waals surface area contributed by atoms with Crippen LogP contribution < -0.4 is 10.9 Å². The standard InChI is InChI=1S/C30H18O8/c1-7-3-9(31)19-23-15(7)16-8(2)4-10(32)20-24(16)28-26-18(12(34)6-14(36)22(26)30(20)38)17-11(33)5-13(35)21(29(19)37)25(17)27(23)28/h3-6,11,17,33-38H,1-2H3. The number of hydrogen-bond acceptors (Lipinski definition) is 8. The van der Waals surface area contributed by atoms with E-state index in [0.29, 0.717) is 49.0 Å². The molecule has 6 aromatic rings. The molecular formula is C30H18O8. The maximum Gasteiger partial charge on any atom is 0.190 e. The van der Waals surface area contributed by atoms with Crippen molar-refractivity contribution in [3.63, 3.8) is 0 Å². The van der Waals surface area contributed by atoms with Crippen LogP contribution in [0.3, 0.4) is 0 Å². The summed E-state index contributed by atoms with van der Waals surface area (Å²) in [5.74, 6) is -3.15. The molecule has 0 saturated heterocycles. The van der Waals surface area contributed by atoms with Gasteiger partial charge in [-0.3, -0.25) is 9.59 Å². The summed E-state index contributed by atoms with van der Waals surface area (Å²) in [4.78, 5) is 26.7. The predicted octanol–water partition coefficient (Wildman–Crippen LogP) is 4.21. The van der Waals surface area contributed by atoms with Crippen LogP contribution in [0, 0.1) is 13.8 Å². The number of rotatable bonds is 0. The van der Waals surface area contributed by atoms with Crippen molar-refractivity contribution in [2.24, 2.45) is 0 Å². The van der Waals surface area contributed by atoms with Crippen LogP contribution in [0.5, 0.6) is 23.0 Å². The zero-order valence-electron chi connectivity index (χ0n) is 20.0. The summed E-state index contributed by atoms with van der Waals surface area (Å²) in [5.41, 5.74) is 0.664. The van der Waals surface area contributed by atoms with Crippen LogP contribution in [0.15, 0.2) is 33.9 Å². The summed E-state index contributed by atoms with van der Waals surface area (Å²) in [6.07, 6.45) is -0.225. The number of aryl methyl sites for hydroxylation is 2. The van der Waals surface area contributed by atoms with Crippen molar-refractivity contribution in [1.29, 1.82) is 0 Å². The average Bonchev–Trinajstić information content (AvgIpc) is 2.82. The molecule has 0 amide bonds. The van der Waals surface area contributed by atoms with Crippen molar-refractivity contribution in [3.8, 4) is 23.0 Å². The molecule has 0 saturated carbocycles. The number of benzene rings is 6. The molecule has 0 bridgehead atoms. The first kappa shape index (κ1) is 21.3. The average molecular weight is 506 g/mol. The van der Waals surface area contributed by atoms with Gasteiger partial charge in [0.2, 0.25) is 0 Å². The van der Waals surface area contributed by atoms with Gasteiger partial charge in [0.05, 0.1) is 27.8 Å². The highest BCUT2D eigenvalue weighted by Crippen LogP contribution is 2.61. The fraction of sp³-hybridized carbons (Fsp3) is 0.133. The van der Waals surface area contributed by atoms with E-state index in [1.807, 2.05) is 0 Å². The van der Waals surface area contributed by atoms with Gasteiger partial charge in [0, 0.05) is 33.7 Å². The van der Waals surface area contributed by atoms with E-state index in [1.54, 1.807) is 13.8 Å². The molecule has 2 aliphatic rings. The molecule has 2 atom stereocenters. The van der Waals surface area contributed by atoms with Gasteiger partial charge in [0.1, 0.15) is 28.8 Å². The van der Waals surface area contributed by atoms with E-state index in [-0.39, 0.29) is 38.4 Å². The van der Waals surface area contributed by atoms with Gasteiger partial charge in [-0.25, -0.2) is 0 Å². The van der Waals surface area contributed by atoms with Crippen molar-refractivity contribution >= 4 is 59.6 Å². The van der Waals surface area contributed by atoms with Crippen LogP contribution in [0.25, 0.3) is 59.6 Å². The van der Waals surface area contributed by atoms with Crippen molar-refractivity contribution in [3.05, 3.63) is 72.5 Å². The highest BCUT2D eigenvalue weighted by molar-refractivity contribution is 6.43. The van der Waals surface area contributed by atoms with Crippen LogP contribution in [0.4, 0.5) is 0 Å². The van der Waals surface area contributed by atoms with E-state index >= 15 is 0 Å². The van der Waals surface area contributed by atoms with E-state index in [4.69, 9.17) is 0 Å². The monoisotopic (exact) mass is 506 g/mol. The molecule has 6 aromatic carbocycles. The molecule has 8 nitrogen and oxygen atoms in total. The van der Waals surface area contributed by atoms with Gasteiger partial charge in [0.15, 0.2) is 10.9 Å². The van der Waals surface area contributed by atoms with Gasteiger partial charge >= 0.3 is 0 Å². The molecule has 0 fully saturated rings. The van der Waals surface area contributed by atoms with Crippen molar-refractivity contribution in [2.45, 2.75) is 25.9 Å². The molecule has 0 heterocycles. The third-order valence-corrected chi connectivity index (χ3v) is 8.59. The van der Waals surface area contributed by atoms with Crippen molar-refractivity contribution in [2.75, 3.05) is 0 Å². The van der Waals surface area contributed by atoms with E-state index < -0.39 is 45.9 Å². The van der Waals surface area contributed by atoms with Crippen LogP contribution in [-0.2, 0) is 0 Å². The van der Waals surface area contributed by atoms with Crippen molar-refractivity contribution < 1.29 is 30.6 Å². The fourth-order valence-corrected chi connectivity index (χ4v) is 7.34. The zero-order valence-corrected chi connectivity index (χ0v) is 20.0. The van der Waals surface area contributed by atoms with E-state index in [1.165, 1.54) is 12.1 Å². The van der Waals surface area contributed by atoms with Gasteiger partial charge in [-0.15, -0.1) is 0 Å². The third-order valence-electron chi connectivity index (χ3n) is 8.59. The smallest absolute Gasteiger partial charge is 0.190 e. The Morgan fingerprint density at radius 1 is 0.579 bits per heavy atom. The largest absolute Gasteiger partial charge is 0.507 e. The first-order chi connectivity index (χ1) is 18.0. The predicted molar refractivity (Wildman–Crippen MR) is 143 cm³/mol. The molecule has 186 valence electrons. The minimum Gasteiger partial charge on any atom is -0.507 e. The molecule has 6 N–H and O–H groups in total. The van der Waals surface area contributed by atoms with Crippen LogP contribution >= 0.6 is 0 Å². The van der Waals surface area contributed by atoms with Gasteiger partial charge in [-0.05, 0) is 70.3 Å². The number of phenolic OH excluding ortho intramolecular Hbond substituents is 4. The lowest BCUT2D eigenvalue weighted by atomic mass is 9.68. The van der Waals surface area contributed by atoms with E-state index in [9.17, 15) is 40.2 Å². The molecule has 0 aliphatic heterocycles. The highest BCUT2D eigenvalue weighted by Gasteiger charge is 2.43. The summed E-state index contributed by atoms with van der Waals surface area (Å²) in [7, 11) is 0. The van der Waals surface area contributed by atoms with Crippen LogP contribution in [0.1, 0.15) is 33.7 Å². The number of aromatic hydroxyl groups is 4. The zero-order chi connectivity index (χ0) is 26.7.